The summed E-state index contributed by atoms with van der Waals surface area (Å²) in [7, 11) is 0. The zero-order valence-electron chi connectivity index (χ0n) is 20.4. The lowest BCUT2D eigenvalue weighted by Gasteiger charge is -2.22. The van der Waals surface area contributed by atoms with E-state index in [2.05, 4.69) is 15.7 Å². The van der Waals surface area contributed by atoms with Crippen LogP contribution in [0.4, 0.5) is 23.8 Å². The van der Waals surface area contributed by atoms with Gasteiger partial charge in [-0.3, -0.25) is 4.79 Å². The molecule has 3 rings (SSSR count). The summed E-state index contributed by atoms with van der Waals surface area (Å²) in [5.41, 5.74) is -0.956. The molecule has 1 aromatic heterocycles. The molecule has 2 aromatic rings. The molecule has 2 heterocycles. The van der Waals surface area contributed by atoms with Crippen LogP contribution in [0, 0.1) is 0 Å². The molecular weight excluding hydrogens is 465 g/mol. The standard InChI is InChI=1S/C24H31F3N4O4/c1-14(2)28-22(33)35-16-11-19(34-13-16)18-12-20(31(30-18)23(3,4)5)29-21(32)10-15-8-6-7-9-17(15)24(25,26)27/h6-9,12,14,16,19H,10-11,13H2,1-5H3,(H,28,33)(H,29,32). The molecule has 0 spiro atoms. The second kappa shape index (κ2) is 10.3. The van der Waals surface area contributed by atoms with Gasteiger partial charge in [0.2, 0.25) is 5.91 Å². The van der Waals surface area contributed by atoms with Gasteiger partial charge in [0.15, 0.2) is 0 Å². The molecule has 0 saturated carbocycles. The fourth-order valence-electron chi connectivity index (χ4n) is 3.78. The van der Waals surface area contributed by atoms with Crippen molar-refractivity contribution in [3.63, 3.8) is 0 Å². The number of alkyl halides is 3. The molecule has 192 valence electrons. The normalized spacial score (nSPS) is 18.5. The maximum atomic E-state index is 13.3. The smallest absolute Gasteiger partial charge is 0.416 e. The van der Waals surface area contributed by atoms with Crippen molar-refractivity contribution in [2.45, 2.75) is 77.4 Å². The third-order valence-corrected chi connectivity index (χ3v) is 5.28. The van der Waals surface area contributed by atoms with E-state index >= 15 is 0 Å². The van der Waals surface area contributed by atoms with E-state index in [1.165, 1.54) is 18.2 Å². The number of halogens is 3. The van der Waals surface area contributed by atoms with Crippen LogP contribution in [0.2, 0.25) is 0 Å². The first-order chi connectivity index (χ1) is 16.2. The van der Waals surface area contributed by atoms with Crippen LogP contribution in [0.25, 0.3) is 0 Å². The van der Waals surface area contributed by atoms with Gasteiger partial charge in [0.25, 0.3) is 0 Å². The predicted octanol–water partition coefficient (Wildman–Crippen LogP) is 4.80. The second-order valence-electron chi connectivity index (χ2n) is 9.80. The molecule has 1 aliphatic heterocycles. The first-order valence-corrected chi connectivity index (χ1v) is 11.4. The van der Waals surface area contributed by atoms with Gasteiger partial charge >= 0.3 is 12.3 Å². The van der Waals surface area contributed by atoms with E-state index in [9.17, 15) is 22.8 Å². The topological polar surface area (TPSA) is 94.5 Å². The van der Waals surface area contributed by atoms with Gasteiger partial charge in [-0.05, 0) is 46.2 Å². The zero-order chi connectivity index (χ0) is 26.0. The molecule has 1 saturated heterocycles. The molecule has 1 fully saturated rings. The van der Waals surface area contributed by atoms with Crippen LogP contribution in [0.3, 0.4) is 0 Å². The summed E-state index contributed by atoms with van der Waals surface area (Å²) in [5.74, 6) is -0.259. The summed E-state index contributed by atoms with van der Waals surface area (Å²) in [5, 5.41) is 9.94. The Bertz CT molecular complexity index is 1060. The molecule has 2 unspecified atom stereocenters. The lowest BCUT2D eigenvalue weighted by Crippen LogP contribution is -2.33. The van der Waals surface area contributed by atoms with Gasteiger partial charge in [-0.15, -0.1) is 0 Å². The Kier molecular flexibility index (Phi) is 7.78. The Labute approximate surface area is 202 Å². The van der Waals surface area contributed by atoms with Crippen LogP contribution >= 0.6 is 0 Å². The van der Waals surface area contributed by atoms with Gasteiger partial charge in [0, 0.05) is 18.5 Å². The molecule has 2 atom stereocenters. The average Bonchev–Trinajstić information content (AvgIpc) is 3.33. The van der Waals surface area contributed by atoms with Crippen LogP contribution in [-0.2, 0) is 32.4 Å². The highest BCUT2D eigenvalue weighted by Crippen LogP contribution is 2.34. The number of ether oxygens (including phenoxy) is 2. The van der Waals surface area contributed by atoms with Gasteiger partial charge in [-0.2, -0.15) is 18.3 Å². The second-order valence-corrected chi connectivity index (χ2v) is 9.80. The number of benzene rings is 1. The number of nitrogens with zero attached hydrogens (tertiary/aromatic N) is 2. The Hall–Kier alpha value is -3.08. The van der Waals surface area contributed by atoms with Crippen LogP contribution in [0.15, 0.2) is 30.3 Å². The van der Waals surface area contributed by atoms with Crippen molar-refractivity contribution in [2.24, 2.45) is 0 Å². The van der Waals surface area contributed by atoms with E-state index in [0.717, 1.165) is 6.07 Å². The zero-order valence-corrected chi connectivity index (χ0v) is 20.4. The van der Waals surface area contributed by atoms with Crippen LogP contribution in [0.5, 0.6) is 0 Å². The molecule has 2 N–H and O–H groups in total. The van der Waals surface area contributed by atoms with Crippen LogP contribution in [0.1, 0.15) is 64.0 Å². The maximum absolute atomic E-state index is 13.3. The Morgan fingerprint density at radius 1 is 1.23 bits per heavy atom. The van der Waals surface area contributed by atoms with E-state index in [4.69, 9.17) is 9.47 Å². The minimum absolute atomic E-state index is 0.0580. The molecule has 0 bridgehead atoms. The predicted molar refractivity (Wildman–Crippen MR) is 123 cm³/mol. The summed E-state index contributed by atoms with van der Waals surface area (Å²) < 4.78 is 52.6. The highest BCUT2D eigenvalue weighted by Gasteiger charge is 2.35. The number of aromatic nitrogens is 2. The molecule has 1 aromatic carbocycles. The number of anilines is 1. The molecule has 2 amide bonds. The number of carbonyl (C=O) groups is 2. The molecule has 1 aliphatic rings. The largest absolute Gasteiger partial charge is 0.444 e. The summed E-state index contributed by atoms with van der Waals surface area (Å²) in [6.07, 6.45) is -6.05. The number of alkyl carbamates (subject to hydrolysis) is 1. The van der Waals surface area contributed by atoms with E-state index < -0.39 is 47.9 Å². The maximum Gasteiger partial charge on any atom is 0.416 e. The van der Waals surface area contributed by atoms with Gasteiger partial charge in [0.05, 0.1) is 29.8 Å². The van der Waals surface area contributed by atoms with Crippen molar-refractivity contribution in [3.8, 4) is 0 Å². The van der Waals surface area contributed by atoms with E-state index in [0.29, 0.717) is 17.9 Å². The molecule has 0 aliphatic carbocycles. The number of rotatable bonds is 6. The molecule has 8 nitrogen and oxygen atoms in total. The summed E-state index contributed by atoms with van der Waals surface area (Å²) >= 11 is 0. The SMILES string of the molecule is CC(C)NC(=O)OC1COC(c2cc(NC(=O)Cc3ccccc3C(F)(F)F)n(C(C)(C)C)n2)C1. The van der Waals surface area contributed by atoms with Crippen molar-refractivity contribution in [1.29, 1.82) is 0 Å². The minimum Gasteiger partial charge on any atom is -0.444 e. The monoisotopic (exact) mass is 496 g/mol. The Morgan fingerprint density at radius 3 is 2.54 bits per heavy atom. The van der Waals surface area contributed by atoms with Gasteiger partial charge < -0.3 is 20.1 Å². The third-order valence-electron chi connectivity index (χ3n) is 5.28. The highest BCUT2D eigenvalue weighted by atomic mass is 19.4. The highest BCUT2D eigenvalue weighted by molar-refractivity contribution is 5.91. The first kappa shape index (κ1) is 26.5. The third kappa shape index (κ3) is 6.97. The molecule has 35 heavy (non-hydrogen) atoms. The van der Waals surface area contributed by atoms with Gasteiger partial charge in [-0.1, -0.05) is 18.2 Å². The minimum atomic E-state index is -4.55. The Morgan fingerprint density at radius 2 is 1.91 bits per heavy atom. The number of hydrogen-bond donors (Lipinski definition) is 2. The molecular formula is C24H31F3N4O4. The fourth-order valence-corrected chi connectivity index (χ4v) is 3.78. The van der Waals surface area contributed by atoms with Gasteiger partial charge in [-0.25, -0.2) is 9.48 Å². The van der Waals surface area contributed by atoms with Crippen molar-refractivity contribution in [1.82, 2.24) is 15.1 Å². The van der Waals surface area contributed by atoms with Crippen molar-refractivity contribution in [3.05, 3.63) is 47.2 Å². The lowest BCUT2D eigenvalue weighted by atomic mass is 10.0. The number of hydrogen-bond acceptors (Lipinski definition) is 5. The first-order valence-electron chi connectivity index (χ1n) is 11.4. The Balaban J connectivity index is 1.74. The van der Waals surface area contributed by atoms with Gasteiger partial charge in [0.1, 0.15) is 18.0 Å². The average molecular weight is 497 g/mol. The fraction of sp³-hybridized carbons (Fsp3) is 0.542. The van der Waals surface area contributed by atoms with Crippen molar-refractivity contribution >= 4 is 17.8 Å². The van der Waals surface area contributed by atoms with Crippen molar-refractivity contribution < 1.29 is 32.2 Å². The van der Waals surface area contributed by atoms with Crippen LogP contribution in [-0.4, -0.2) is 40.5 Å². The summed E-state index contributed by atoms with van der Waals surface area (Å²) in [6.45, 7) is 9.51. The van der Waals surface area contributed by atoms with E-state index in [-0.39, 0.29) is 18.2 Å². The van der Waals surface area contributed by atoms with E-state index in [1.54, 1.807) is 10.7 Å². The molecule has 11 heteroatoms. The van der Waals surface area contributed by atoms with Crippen LogP contribution < -0.4 is 10.6 Å². The lowest BCUT2D eigenvalue weighted by molar-refractivity contribution is -0.138. The number of carbonyl (C=O) groups excluding carboxylic acids is 2. The van der Waals surface area contributed by atoms with Crippen molar-refractivity contribution in [2.75, 3.05) is 11.9 Å². The summed E-state index contributed by atoms with van der Waals surface area (Å²) in [4.78, 5) is 24.6. The quantitative estimate of drug-likeness (QED) is 0.599. The molecule has 0 radical (unpaired) electrons. The number of nitrogens with one attached hydrogen (secondary N) is 2. The van der Waals surface area contributed by atoms with E-state index in [1.807, 2.05) is 34.6 Å². The number of amides is 2. The summed E-state index contributed by atoms with van der Waals surface area (Å²) in [6, 6.07) is 6.58.